The topological polar surface area (TPSA) is 55.6 Å². The molecule has 4 nitrogen and oxygen atoms in total. The standard InChI is InChI=1S/C14H20N2O2/c1-4-9(2)8-16-12-6-5-10(18-3)7-11(12)13(15)14(16)17/h5-7,9,13H,4,8,15H2,1-3H3. The van der Waals surface area contributed by atoms with Crippen LogP contribution in [0.5, 0.6) is 5.75 Å². The third-order valence-corrected chi connectivity index (χ3v) is 3.58. The molecular weight excluding hydrogens is 228 g/mol. The van der Waals surface area contributed by atoms with Crippen LogP contribution < -0.4 is 15.4 Å². The van der Waals surface area contributed by atoms with Gasteiger partial charge in [-0.3, -0.25) is 4.79 Å². The minimum Gasteiger partial charge on any atom is -0.497 e. The van der Waals surface area contributed by atoms with Crippen molar-refractivity contribution in [3.05, 3.63) is 23.8 Å². The number of rotatable bonds is 4. The number of fused-ring (bicyclic) bond motifs is 1. The predicted octanol–water partition coefficient (Wildman–Crippen LogP) is 2.09. The quantitative estimate of drug-likeness (QED) is 0.887. The average Bonchev–Trinajstić information content (AvgIpc) is 2.63. The van der Waals surface area contributed by atoms with Gasteiger partial charge in [0.05, 0.1) is 7.11 Å². The van der Waals surface area contributed by atoms with Gasteiger partial charge in [-0.05, 0) is 24.1 Å². The highest BCUT2D eigenvalue weighted by molar-refractivity contribution is 6.04. The molecule has 0 aliphatic carbocycles. The Balaban J connectivity index is 2.34. The van der Waals surface area contributed by atoms with Gasteiger partial charge in [0.15, 0.2) is 0 Å². The molecule has 0 fully saturated rings. The number of nitrogens with two attached hydrogens (primary N) is 1. The molecule has 0 saturated heterocycles. The Labute approximate surface area is 108 Å². The third-order valence-electron chi connectivity index (χ3n) is 3.58. The van der Waals surface area contributed by atoms with Gasteiger partial charge in [-0.2, -0.15) is 0 Å². The minimum absolute atomic E-state index is 0.0152. The number of hydrogen-bond acceptors (Lipinski definition) is 3. The van der Waals surface area contributed by atoms with Crippen molar-refractivity contribution in [2.24, 2.45) is 11.7 Å². The number of hydrogen-bond donors (Lipinski definition) is 1. The summed E-state index contributed by atoms with van der Waals surface area (Å²) in [4.78, 5) is 14.0. The van der Waals surface area contributed by atoms with Crippen LogP contribution in [0.15, 0.2) is 18.2 Å². The summed E-state index contributed by atoms with van der Waals surface area (Å²) in [5, 5.41) is 0. The zero-order chi connectivity index (χ0) is 13.3. The van der Waals surface area contributed by atoms with Crippen LogP contribution in [0.4, 0.5) is 5.69 Å². The van der Waals surface area contributed by atoms with Gasteiger partial charge in [0.25, 0.3) is 0 Å². The van der Waals surface area contributed by atoms with Crippen molar-refractivity contribution in [3.63, 3.8) is 0 Å². The van der Waals surface area contributed by atoms with Crippen LogP contribution in [-0.2, 0) is 4.79 Å². The largest absolute Gasteiger partial charge is 0.497 e. The van der Waals surface area contributed by atoms with Gasteiger partial charge in [-0.15, -0.1) is 0 Å². The van der Waals surface area contributed by atoms with E-state index < -0.39 is 6.04 Å². The molecule has 1 aliphatic heterocycles. The highest BCUT2D eigenvalue weighted by atomic mass is 16.5. The van der Waals surface area contributed by atoms with Crippen LogP contribution in [0.2, 0.25) is 0 Å². The van der Waals surface area contributed by atoms with E-state index in [1.165, 1.54) is 0 Å². The van der Waals surface area contributed by atoms with Gasteiger partial charge in [-0.25, -0.2) is 0 Å². The molecule has 98 valence electrons. The Bertz CT molecular complexity index is 459. The minimum atomic E-state index is -0.556. The van der Waals surface area contributed by atoms with Crippen LogP contribution in [0, 0.1) is 5.92 Å². The molecule has 1 aromatic carbocycles. The first-order valence-electron chi connectivity index (χ1n) is 6.33. The average molecular weight is 248 g/mol. The molecule has 2 N–H and O–H groups in total. The first-order chi connectivity index (χ1) is 8.58. The molecule has 0 bridgehead atoms. The van der Waals surface area contributed by atoms with Crippen molar-refractivity contribution in [2.45, 2.75) is 26.3 Å². The molecule has 2 unspecified atom stereocenters. The predicted molar refractivity (Wildman–Crippen MR) is 71.7 cm³/mol. The Hall–Kier alpha value is -1.55. The smallest absolute Gasteiger partial charge is 0.248 e. The Morgan fingerprint density at radius 1 is 1.50 bits per heavy atom. The Morgan fingerprint density at radius 3 is 2.83 bits per heavy atom. The van der Waals surface area contributed by atoms with Crippen LogP contribution >= 0.6 is 0 Å². The van der Waals surface area contributed by atoms with E-state index in [0.29, 0.717) is 5.92 Å². The van der Waals surface area contributed by atoms with E-state index in [1.54, 1.807) is 12.0 Å². The second kappa shape index (κ2) is 4.98. The summed E-state index contributed by atoms with van der Waals surface area (Å²) in [5.41, 5.74) is 7.76. The SMILES string of the molecule is CCC(C)CN1C(=O)C(N)c2cc(OC)ccc21. The van der Waals surface area contributed by atoms with Gasteiger partial charge in [0.2, 0.25) is 5.91 Å². The molecule has 2 rings (SSSR count). The van der Waals surface area contributed by atoms with E-state index in [2.05, 4.69) is 13.8 Å². The second-order valence-electron chi connectivity index (χ2n) is 4.86. The van der Waals surface area contributed by atoms with Crippen molar-refractivity contribution >= 4 is 11.6 Å². The summed E-state index contributed by atoms with van der Waals surface area (Å²) < 4.78 is 5.18. The lowest BCUT2D eigenvalue weighted by molar-refractivity contribution is -0.119. The fourth-order valence-corrected chi connectivity index (χ4v) is 2.20. The maximum Gasteiger partial charge on any atom is 0.248 e. The molecule has 2 atom stereocenters. The maximum atomic E-state index is 12.2. The number of ether oxygens (including phenoxy) is 1. The molecule has 1 aromatic rings. The number of amides is 1. The number of anilines is 1. The van der Waals surface area contributed by atoms with Crippen LogP contribution in [0.3, 0.4) is 0 Å². The molecule has 18 heavy (non-hydrogen) atoms. The lowest BCUT2D eigenvalue weighted by Crippen LogP contribution is -2.34. The second-order valence-corrected chi connectivity index (χ2v) is 4.86. The van der Waals surface area contributed by atoms with Gasteiger partial charge in [0.1, 0.15) is 11.8 Å². The zero-order valence-electron chi connectivity index (χ0n) is 11.1. The number of methoxy groups -OCH3 is 1. The normalized spacial score (nSPS) is 19.9. The molecule has 0 radical (unpaired) electrons. The Morgan fingerprint density at radius 2 is 2.22 bits per heavy atom. The van der Waals surface area contributed by atoms with E-state index in [4.69, 9.17) is 10.5 Å². The summed E-state index contributed by atoms with van der Waals surface area (Å²) in [5.74, 6) is 1.19. The van der Waals surface area contributed by atoms with Crippen molar-refractivity contribution in [2.75, 3.05) is 18.6 Å². The highest BCUT2D eigenvalue weighted by Crippen LogP contribution is 2.37. The summed E-state index contributed by atoms with van der Waals surface area (Å²) >= 11 is 0. The summed E-state index contributed by atoms with van der Waals surface area (Å²) in [7, 11) is 1.61. The van der Waals surface area contributed by atoms with E-state index >= 15 is 0 Å². The van der Waals surface area contributed by atoms with Gasteiger partial charge < -0.3 is 15.4 Å². The van der Waals surface area contributed by atoms with Crippen molar-refractivity contribution in [1.29, 1.82) is 0 Å². The number of nitrogens with zero attached hydrogens (tertiary/aromatic N) is 1. The summed E-state index contributed by atoms with van der Waals surface area (Å²) in [6, 6.07) is 5.09. The lowest BCUT2D eigenvalue weighted by atomic mass is 10.1. The lowest BCUT2D eigenvalue weighted by Gasteiger charge is -2.21. The highest BCUT2D eigenvalue weighted by Gasteiger charge is 2.35. The molecule has 1 heterocycles. The van der Waals surface area contributed by atoms with Crippen molar-refractivity contribution in [3.8, 4) is 5.75 Å². The summed E-state index contributed by atoms with van der Waals surface area (Å²) in [6.45, 7) is 4.99. The number of carbonyl (C=O) groups excluding carboxylic acids is 1. The molecule has 0 spiro atoms. The maximum absolute atomic E-state index is 12.2. The van der Waals surface area contributed by atoms with Gasteiger partial charge >= 0.3 is 0 Å². The molecule has 4 heteroatoms. The monoisotopic (exact) mass is 248 g/mol. The van der Waals surface area contributed by atoms with E-state index in [-0.39, 0.29) is 5.91 Å². The molecular formula is C14H20N2O2. The van der Waals surface area contributed by atoms with E-state index in [1.807, 2.05) is 18.2 Å². The first kappa shape index (κ1) is 12.9. The van der Waals surface area contributed by atoms with E-state index in [0.717, 1.165) is 30.0 Å². The fraction of sp³-hybridized carbons (Fsp3) is 0.500. The first-order valence-corrected chi connectivity index (χ1v) is 6.33. The zero-order valence-corrected chi connectivity index (χ0v) is 11.1. The molecule has 0 saturated carbocycles. The van der Waals surface area contributed by atoms with Crippen LogP contribution in [0.25, 0.3) is 0 Å². The third kappa shape index (κ3) is 2.08. The van der Waals surface area contributed by atoms with E-state index in [9.17, 15) is 4.79 Å². The summed E-state index contributed by atoms with van der Waals surface area (Å²) in [6.07, 6.45) is 1.05. The van der Waals surface area contributed by atoms with Crippen molar-refractivity contribution < 1.29 is 9.53 Å². The van der Waals surface area contributed by atoms with Gasteiger partial charge in [0, 0.05) is 17.8 Å². The number of benzene rings is 1. The number of carbonyl (C=O) groups is 1. The van der Waals surface area contributed by atoms with Gasteiger partial charge in [-0.1, -0.05) is 20.3 Å². The fourth-order valence-electron chi connectivity index (χ4n) is 2.20. The van der Waals surface area contributed by atoms with Crippen LogP contribution in [0.1, 0.15) is 31.9 Å². The molecule has 1 aliphatic rings. The molecule has 1 amide bonds. The van der Waals surface area contributed by atoms with Crippen molar-refractivity contribution in [1.82, 2.24) is 0 Å². The molecule has 0 aromatic heterocycles. The Kier molecular flexibility index (Phi) is 3.57. The van der Waals surface area contributed by atoms with Crippen LogP contribution in [-0.4, -0.2) is 19.6 Å².